The van der Waals surface area contributed by atoms with E-state index in [0.717, 1.165) is 16.6 Å². The molecule has 1 heterocycles. The van der Waals surface area contributed by atoms with Gasteiger partial charge in [0.05, 0.1) is 12.8 Å². The number of rotatable bonds is 5. The Morgan fingerprint density at radius 2 is 1.87 bits per heavy atom. The summed E-state index contributed by atoms with van der Waals surface area (Å²) in [6.45, 7) is 4.27. The maximum absolute atomic E-state index is 10.7. The highest BCUT2D eigenvalue weighted by Crippen LogP contribution is 2.29. The molecule has 1 atom stereocenters. The number of hydrogen-bond donors (Lipinski definition) is 1. The van der Waals surface area contributed by atoms with Crippen LogP contribution < -0.4 is 0 Å². The molecule has 0 aliphatic carbocycles. The molecule has 1 unspecified atom stereocenters. The average molecular weight is 305 g/mol. The van der Waals surface area contributed by atoms with Gasteiger partial charge in [-0.05, 0) is 23.1 Å². The third kappa shape index (κ3) is 2.93. The van der Waals surface area contributed by atoms with Crippen molar-refractivity contribution in [3.05, 3.63) is 90.0 Å². The average Bonchev–Trinajstić information content (AvgIpc) is 2.95. The monoisotopic (exact) mass is 305 g/mol. The van der Waals surface area contributed by atoms with E-state index in [1.165, 1.54) is 12.7 Å². The Hall–Kier alpha value is -2.74. The van der Waals surface area contributed by atoms with E-state index < -0.39 is 6.10 Å². The van der Waals surface area contributed by atoms with Gasteiger partial charge >= 0.3 is 0 Å². The van der Waals surface area contributed by atoms with E-state index in [4.69, 9.17) is 4.74 Å². The van der Waals surface area contributed by atoms with Gasteiger partial charge in [-0.25, -0.2) is 0 Å². The molecular formula is C20H19NO2. The van der Waals surface area contributed by atoms with Gasteiger partial charge in [-0.3, -0.25) is 0 Å². The lowest BCUT2D eigenvalue weighted by Gasteiger charge is -2.16. The number of ether oxygens (including phenoxy) is 1. The second-order valence-electron chi connectivity index (χ2n) is 5.35. The zero-order valence-electron chi connectivity index (χ0n) is 13.1. The Balaban J connectivity index is 2.13. The largest absolute Gasteiger partial charge is 0.490 e. The third-order valence-corrected chi connectivity index (χ3v) is 3.95. The van der Waals surface area contributed by atoms with Crippen molar-refractivity contribution in [1.82, 2.24) is 4.57 Å². The lowest BCUT2D eigenvalue weighted by Crippen LogP contribution is -2.11. The predicted molar refractivity (Wildman–Crippen MR) is 92.1 cm³/mol. The van der Waals surface area contributed by atoms with E-state index in [1.807, 2.05) is 42.5 Å². The first-order valence-electron chi connectivity index (χ1n) is 7.48. The van der Waals surface area contributed by atoms with E-state index in [0.29, 0.717) is 12.3 Å². The van der Waals surface area contributed by atoms with E-state index in [2.05, 4.69) is 35.1 Å². The number of aromatic nitrogens is 1. The predicted octanol–water partition coefficient (Wildman–Crippen LogP) is 4.04. The van der Waals surface area contributed by atoms with Crippen LogP contribution in [0.25, 0.3) is 10.9 Å². The Morgan fingerprint density at radius 3 is 2.57 bits per heavy atom. The molecule has 1 N–H and O–H groups in total. The van der Waals surface area contributed by atoms with Crippen molar-refractivity contribution in [3.63, 3.8) is 0 Å². The molecular weight excluding hydrogens is 286 g/mol. The summed E-state index contributed by atoms with van der Waals surface area (Å²) in [6.07, 6.45) is -0.895. The lowest BCUT2D eigenvalue weighted by molar-refractivity contribution is 0.124. The fourth-order valence-electron chi connectivity index (χ4n) is 2.82. The van der Waals surface area contributed by atoms with Crippen LogP contribution >= 0.6 is 0 Å². The molecule has 23 heavy (non-hydrogen) atoms. The highest BCUT2D eigenvalue weighted by Gasteiger charge is 2.20. The molecule has 0 saturated heterocycles. The van der Waals surface area contributed by atoms with Crippen molar-refractivity contribution in [1.29, 1.82) is 0 Å². The van der Waals surface area contributed by atoms with Crippen LogP contribution in [0.2, 0.25) is 0 Å². The molecule has 0 saturated carbocycles. The molecule has 0 aliphatic heterocycles. The highest BCUT2D eigenvalue weighted by atomic mass is 16.5. The van der Waals surface area contributed by atoms with Crippen molar-refractivity contribution < 1.29 is 9.84 Å². The van der Waals surface area contributed by atoms with Crippen molar-refractivity contribution in [2.45, 2.75) is 12.6 Å². The minimum absolute atomic E-state index is 0.321. The quantitative estimate of drug-likeness (QED) is 0.570. The molecule has 3 nitrogen and oxygen atoms in total. The van der Waals surface area contributed by atoms with Crippen LogP contribution in [0.3, 0.4) is 0 Å². The van der Waals surface area contributed by atoms with Gasteiger partial charge in [-0.15, -0.1) is 0 Å². The number of hydrogen-bond acceptors (Lipinski definition) is 2. The Kier molecular flexibility index (Phi) is 4.33. The molecule has 0 aliphatic rings. The first-order valence-corrected chi connectivity index (χ1v) is 7.48. The number of aliphatic hydroxyl groups is 1. The van der Waals surface area contributed by atoms with Gasteiger partial charge in [-0.2, -0.15) is 0 Å². The Morgan fingerprint density at radius 1 is 1.17 bits per heavy atom. The van der Waals surface area contributed by atoms with Crippen molar-refractivity contribution in [3.8, 4) is 0 Å². The number of nitrogens with zero attached hydrogens (tertiary/aromatic N) is 1. The summed E-state index contributed by atoms with van der Waals surface area (Å²) in [4.78, 5) is 0. The van der Waals surface area contributed by atoms with Crippen LogP contribution in [0.4, 0.5) is 0 Å². The summed E-state index contributed by atoms with van der Waals surface area (Å²) in [6, 6.07) is 20.2. The Labute approximate surface area is 135 Å². The van der Waals surface area contributed by atoms with Crippen molar-refractivity contribution in [2.24, 2.45) is 0 Å². The molecule has 116 valence electrons. The minimum atomic E-state index is -0.895. The van der Waals surface area contributed by atoms with Crippen LogP contribution in [0.1, 0.15) is 17.4 Å². The lowest BCUT2D eigenvalue weighted by atomic mass is 10.2. The highest BCUT2D eigenvalue weighted by molar-refractivity contribution is 5.81. The fourth-order valence-corrected chi connectivity index (χ4v) is 2.82. The van der Waals surface area contributed by atoms with Crippen LogP contribution in [0.15, 0.2) is 78.7 Å². The normalized spacial score (nSPS) is 11.9. The summed E-state index contributed by atoms with van der Waals surface area (Å²) in [5.41, 5.74) is 5.68. The molecule has 2 aromatic carbocycles. The fraction of sp³-hybridized carbons (Fsp3) is 0.150. The van der Waals surface area contributed by atoms with E-state index in [9.17, 15) is 5.11 Å². The van der Waals surface area contributed by atoms with Gasteiger partial charge in [0, 0.05) is 12.1 Å². The summed E-state index contributed by atoms with van der Waals surface area (Å²) in [5.74, 6) is 0.321. The number of aliphatic hydroxyl groups excluding tert-OH is 1. The first kappa shape index (κ1) is 15.2. The van der Waals surface area contributed by atoms with E-state index in [-0.39, 0.29) is 0 Å². The van der Waals surface area contributed by atoms with Crippen LogP contribution in [0, 0.1) is 0 Å². The van der Waals surface area contributed by atoms with E-state index in [1.54, 1.807) is 0 Å². The van der Waals surface area contributed by atoms with Crippen molar-refractivity contribution >= 4 is 10.9 Å². The maximum atomic E-state index is 10.7. The molecule has 1 aromatic heterocycles. The third-order valence-electron chi connectivity index (χ3n) is 3.95. The number of para-hydroxylation sites is 1. The summed E-state index contributed by atoms with van der Waals surface area (Å²) in [7, 11) is 1.51. The second-order valence-corrected chi connectivity index (χ2v) is 5.35. The molecule has 3 aromatic rings. The number of benzene rings is 2. The van der Waals surface area contributed by atoms with Gasteiger partial charge in [0.15, 0.2) is 11.9 Å². The van der Waals surface area contributed by atoms with Gasteiger partial charge in [-0.1, -0.05) is 60.8 Å². The minimum Gasteiger partial charge on any atom is -0.490 e. The van der Waals surface area contributed by atoms with Crippen LogP contribution in [0.5, 0.6) is 0 Å². The summed E-state index contributed by atoms with van der Waals surface area (Å²) in [5, 5.41) is 11.7. The molecule has 3 rings (SSSR count). The standard InChI is InChI=1S/C20H19NO2/c1-3-19(23-2)20(22)18-13-16-11-7-8-12-17(16)21(18)14-15-9-5-4-6-10-15/h4-13,20,22H,1,14H2,2H3. The van der Waals surface area contributed by atoms with Gasteiger partial charge in [0.1, 0.15) is 0 Å². The van der Waals surface area contributed by atoms with Gasteiger partial charge in [0.25, 0.3) is 0 Å². The molecule has 0 bridgehead atoms. The summed E-state index contributed by atoms with van der Waals surface area (Å²) >= 11 is 0. The SMILES string of the molecule is C=C=C(OC)C(O)c1cc2ccccc2n1Cc1ccccc1. The molecule has 0 amide bonds. The van der Waals surface area contributed by atoms with E-state index >= 15 is 0 Å². The smallest absolute Gasteiger partial charge is 0.172 e. The second kappa shape index (κ2) is 6.57. The number of methoxy groups -OCH3 is 1. The maximum Gasteiger partial charge on any atom is 0.172 e. The zero-order valence-corrected chi connectivity index (χ0v) is 13.1. The molecule has 0 spiro atoms. The zero-order chi connectivity index (χ0) is 16.2. The summed E-state index contributed by atoms with van der Waals surface area (Å²) < 4.78 is 7.30. The molecule has 3 heteroatoms. The van der Waals surface area contributed by atoms with Gasteiger partial charge in [0.2, 0.25) is 0 Å². The van der Waals surface area contributed by atoms with Gasteiger partial charge < -0.3 is 14.4 Å². The van der Waals surface area contributed by atoms with Crippen LogP contribution in [-0.4, -0.2) is 16.8 Å². The molecule has 0 radical (unpaired) electrons. The molecule has 0 fully saturated rings. The first-order chi connectivity index (χ1) is 11.2. The van der Waals surface area contributed by atoms with Crippen molar-refractivity contribution in [2.75, 3.05) is 7.11 Å². The van der Waals surface area contributed by atoms with Crippen LogP contribution in [-0.2, 0) is 11.3 Å². The Bertz CT molecular complexity index is 858. The number of fused-ring (bicyclic) bond motifs is 1. The topological polar surface area (TPSA) is 34.4 Å².